The van der Waals surface area contributed by atoms with Gasteiger partial charge in [0.05, 0.1) is 34.4 Å². The number of fused-ring (bicyclic) bond motifs is 3. The lowest BCUT2D eigenvalue weighted by atomic mass is 10.1. The van der Waals surface area contributed by atoms with Gasteiger partial charge in [0.25, 0.3) is 5.91 Å². The molecule has 2 aromatic carbocycles. The van der Waals surface area contributed by atoms with E-state index >= 15 is 0 Å². The highest BCUT2D eigenvalue weighted by Crippen LogP contribution is 2.30. The van der Waals surface area contributed by atoms with Gasteiger partial charge in [-0.25, -0.2) is 4.98 Å². The number of rotatable bonds is 3. The van der Waals surface area contributed by atoms with Crippen LogP contribution in [0.2, 0.25) is 5.02 Å². The highest BCUT2D eigenvalue weighted by atomic mass is 35.5. The number of nitrogen functional groups attached to an aromatic ring is 1. The molecule has 29 heavy (non-hydrogen) atoms. The first-order valence-corrected chi connectivity index (χ1v) is 9.38. The molecule has 0 spiro atoms. The van der Waals surface area contributed by atoms with Gasteiger partial charge in [-0.05, 0) is 37.1 Å². The van der Waals surface area contributed by atoms with Crippen molar-refractivity contribution in [3.8, 4) is 5.75 Å². The molecule has 1 amide bonds. The van der Waals surface area contributed by atoms with Crippen LogP contribution >= 0.6 is 36.4 Å². The van der Waals surface area contributed by atoms with Crippen molar-refractivity contribution in [3.05, 3.63) is 46.7 Å². The topological polar surface area (TPSA) is 82.2 Å². The van der Waals surface area contributed by atoms with Crippen LogP contribution in [0.4, 0.5) is 11.4 Å². The molecule has 0 unspecified atom stereocenters. The molecular formula is C20H23Cl3N4O2. The van der Waals surface area contributed by atoms with Crippen molar-refractivity contribution in [1.82, 2.24) is 9.55 Å². The predicted octanol–water partition coefficient (Wildman–Crippen LogP) is 5.10. The van der Waals surface area contributed by atoms with Gasteiger partial charge in [0.15, 0.2) is 0 Å². The average Bonchev–Trinajstić information content (AvgIpc) is 2.83. The summed E-state index contributed by atoms with van der Waals surface area (Å²) in [5.41, 5.74) is 9.16. The number of amides is 1. The first-order chi connectivity index (χ1) is 13.1. The summed E-state index contributed by atoms with van der Waals surface area (Å²) in [5.74, 6) is 1.19. The van der Waals surface area contributed by atoms with Crippen molar-refractivity contribution in [1.29, 1.82) is 0 Å². The number of nitrogens with zero attached hydrogens (tertiary/aromatic N) is 2. The molecule has 1 aliphatic rings. The molecular weight excluding hydrogens is 435 g/mol. The molecule has 3 N–H and O–H groups in total. The second-order valence-electron chi connectivity index (χ2n) is 6.72. The van der Waals surface area contributed by atoms with Gasteiger partial charge < -0.3 is 20.4 Å². The maximum absolute atomic E-state index is 12.7. The Hall–Kier alpha value is -2.15. The summed E-state index contributed by atoms with van der Waals surface area (Å²) in [7, 11) is 1.49. The van der Waals surface area contributed by atoms with Gasteiger partial charge >= 0.3 is 0 Å². The first kappa shape index (κ1) is 23.1. The van der Waals surface area contributed by atoms with E-state index in [0.29, 0.717) is 27.7 Å². The lowest BCUT2D eigenvalue weighted by Gasteiger charge is -2.11. The number of carbonyl (C=O) groups is 1. The molecule has 3 aromatic rings. The summed E-state index contributed by atoms with van der Waals surface area (Å²) in [6.07, 6.45) is 4.59. The van der Waals surface area contributed by atoms with E-state index in [9.17, 15) is 4.79 Å². The molecule has 0 saturated heterocycles. The summed E-state index contributed by atoms with van der Waals surface area (Å²) in [4.78, 5) is 17.5. The van der Waals surface area contributed by atoms with Crippen LogP contribution in [0.15, 0.2) is 30.3 Å². The molecule has 0 saturated carbocycles. The lowest BCUT2D eigenvalue weighted by molar-refractivity contribution is 0.102. The van der Waals surface area contributed by atoms with Crippen LogP contribution in [0.3, 0.4) is 0 Å². The Morgan fingerprint density at radius 1 is 1.21 bits per heavy atom. The number of halogens is 3. The van der Waals surface area contributed by atoms with Crippen molar-refractivity contribution in [2.75, 3.05) is 18.2 Å². The Balaban J connectivity index is 0.00000150. The van der Waals surface area contributed by atoms with Gasteiger partial charge in [-0.3, -0.25) is 4.79 Å². The van der Waals surface area contributed by atoms with E-state index in [1.54, 1.807) is 6.07 Å². The van der Waals surface area contributed by atoms with Crippen molar-refractivity contribution in [2.45, 2.75) is 32.2 Å². The molecule has 0 radical (unpaired) electrons. The lowest BCUT2D eigenvalue weighted by Crippen LogP contribution is -2.13. The first-order valence-electron chi connectivity index (χ1n) is 9.00. The average molecular weight is 458 g/mol. The summed E-state index contributed by atoms with van der Waals surface area (Å²) in [6.45, 7) is 0.999. The minimum Gasteiger partial charge on any atom is -0.496 e. The highest BCUT2D eigenvalue weighted by molar-refractivity contribution is 6.33. The van der Waals surface area contributed by atoms with Gasteiger partial charge in [-0.15, -0.1) is 24.8 Å². The fourth-order valence-electron chi connectivity index (χ4n) is 3.54. The molecule has 1 aliphatic heterocycles. The summed E-state index contributed by atoms with van der Waals surface area (Å²) < 4.78 is 7.55. The highest BCUT2D eigenvalue weighted by Gasteiger charge is 2.17. The minimum absolute atomic E-state index is 0. The Bertz CT molecular complexity index is 1040. The largest absolute Gasteiger partial charge is 0.496 e. The Labute approximate surface area is 186 Å². The van der Waals surface area contributed by atoms with Crippen molar-refractivity contribution in [2.24, 2.45) is 0 Å². The molecule has 0 fully saturated rings. The Kier molecular flexibility index (Phi) is 7.63. The van der Waals surface area contributed by atoms with E-state index in [2.05, 4.69) is 9.88 Å². The zero-order valence-electron chi connectivity index (χ0n) is 15.9. The molecule has 0 bridgehead atoms. The maximum atomic E-state index is 12.7. The fourth-order valence-corrected chi connectivity index (χ4v) is 3.71. The van der Waals surface area contributed by atoms with E-state index in [0.717, 1.165) is 29.8 Å². The molecule has 0 aliphatic carbocycles. The third kappa shape index (κ3) is 4.55. The van der Waals surface area contributed by atoms with Crippen LogP contribution in [0.5, 0.6) is 5.75 Å². The van der Waals surface area contributed by atoms with E-state index in [1.807, 2.05) is 18.2 Å². The van der Waals surface area contributed by atoms with Gasteiger partial charge in [-0.1, -0.05) is 18.0 Å². The molecule has 156 valence electrons. The summed E-state index contributed by atoms with van der Waals surface area (Å²) in [5, 5.41) is 3.21. The van der Waals surface area contributed by atoms with Crippen LogP contribution < -0.4 is 15.8 Å². The SMILES string of the molecule is COc1cc(N)c(Cl)cc1C(=O)Nc1ccc2c(c1)nc1n2CCCCC1.Cl.Cl. The quantitative estimate of drug-likeness (QED) is 0.536. The van der Waals surface area contributed by atoms with Gasteiger partial charge in [0.2, 0.25) is 0 Å². The number of anilines is 2. The third-order valence-corrected chi connectivity index (χ3v) is 5.26. The van der Waals surface area contributed by atoms with Crippen LogP contribution in [-0.4, -0.2) is 22.6 Å². The number of ether oxygens (including phenoxy) is 1. The van der Waals surface area contributed by atoms with Crippen LogP contribution in [-0.2, 0) is 13.0 Å². The van der Waals surface area contributed by atoms with E-state index in [1.165, 1.54) is 32.4 Å². The Morgan fingerprint density at radius 2 is 2.00 bits per heavy atom. The van der Waals surface area contributed by atoms with Crippen molar-refractivity contribution >= 4 is 64.7 Å². The van der Waals surface area contributed by atoms with Gasteiger partial charge in [0.1, 0.15) is 11.6 Å². The molecule has 4 rings (SSSR count). The summed E-state index contributed by atoms with van der Waals surface area (Å²) >= 11 is 6.07. The molecule has 1 aromatic heterocycles. The third-order valence-electron chi connectivity index (χ3n) is 4.93. The number of hydrogen-bond donors (Lipinski definition) is 2. The van der Waals surface area contributed by atoms with Gasteiger partial charge in [-0.2, -0.15) is 0 Å². The number of methoxy groups -OCH3 is 1. The molecule has 2 heterocycles. The second-order valence-corrected chi connectivity index (χ2v) is 7.13. The van der Waals surface area contributed by atoms with Crippen LogP contribution in [0, 0.1) is 0 Å². The number of carbonyl (C=O) groups excluding carboxylic acids is 1. The standard InChI is InChI=1S/C20H21ClN4O2.2ClH/c1-27-18-11-15(22)14(21)10-13(18)20(26)23-12-6-7-17-16(9-12)24-19-5-3-2-4-8-25(17)19;;/h6-7,9-11H,2-5,8,22H2,1H3,(H,23,26);2*1H. The number of aryl methyl sites for hydroxylation is 2. The molecule has 6 nitrogen and oxygen atoms in total. The van der Waals surface area contributed by atoms with Crippen molar-refractivity contribution < 1.29 is 9.53 Å². The van der Waals surface area contributed by atoms with Crippen LogP contribution in [0.1, 0.15) is 35.4 Å². The predicted molar refractivity (Wildman–Crippen MR) is 122 cm³/mol. The number of hydrogen-bond acceptors (Lipinski definition) is 4. The molecule has 9 heteroatoms. The summed E-state index contributed by atoms with van der Waals surface area (Å²) in [6, 6.07) is 8.88. The van der Waals surface area contributed by atoms with E-state index in [4.69, 9.17) is 27.1 Å². The Morgan fingerprint density at radius 3 is 2.76 bits per heavy atom. The zero-order valence-corrected chi connectivity index (χ0v) is 18.3. The van der Waals surface area contributed by atoms with Crippen LogP contribution in [0.25, 0.3) is 11.0 Å². The molecule has 0 atom stereocenters. The number of nitrogens with two attached hydrogens (primary N) is 1. The second kappa shape index (κ2) is 9.57. The smallest absolute Gasteiger partial charge is 0.259 e. The van der Waals surface area contributed by atoms with Gasteiger partial charge in [0, 0.05) is 24.7 Å². The zero-order chi connectivity index (χ0) is 19.0. The van der Waals surface area contributed by atoms with E-state index < -0.39 is 0 Å². The number of nitrogens with one attached hydrogen (secondary N) is 1. The van der Waals surface area contributed by atoms with Crippen molar-refractivity contribution in [3.63, 3.8) is 0 Å². The number of aromatic nitrogens is 2. The minimum atomic E-state index is -0.311. The monoisotopic (exact) mass is 456 g/mol. The normalized spacial score (nSPS) is 12.9. The number of benzene rings is 2. The maximum Gasteiger partial charge on any atom is 0.259 e. The number of imidazole rings is 1. The fraction of sp³-hybridized carbons (Fsp3) is 0.300. The van der Waals surface area contributed by atoms with E-state index in [-0.39, 0.29) is 30.7 Å².